The van der Waals surface area contributed by atoms with E-state index in [1.54, 1.807) is 19.1 Å². The predicted molar refractivity (Wildman–Crippen MR) is 70.8 cm³/mol. The summed E-state index contributed by atoms with van der Waals surface area (Å²) in [6.45, 7) is 3.67. The summed E-state index contributed by atoms with van der Waals surface area (Å²) in [5, 5.41) is 19.7. The van der Waals surface area contributed by atoms with Crippen LogP contribution in [0, 0.1) is 21.4 Å². The van der Waals surface area contributed by atoms with Gasteiger partial charge in [0.15, 0.2) is 5.75 Å². The topological polar surface area (TPSA) is 102 Å². The number of nitrogens with two attached hydrogens (primary N) is 1. The number of nitrogens with zero attached hydrogens (tertiary/aromatic N) is 2. The third kappa shape index (κ3) is 4.23. The molecule has 1 rings (SSSR count). The summed E-state index contributed by atoms with van der Waals surface area (Å²) < 4.78 is 5.36. The molecule has 102 valence electrons. The van der Waals surface area contributed by atoms with Crippen LogP contribution in [0.5, 0.6) is 5.75 Å². The molecule has 0 spiro atoms. The molecular weight excluding hydrogens is 246 g/mol. The SMILES string of the molecule is CCc1ccc(OCCC(C)(N)C#N)c([N+](=O)[O-])c1. The van der Waals surface area contributed by atoms with Crippen LogP contribution in [0.15, 0.2) is 18.2 Å². The number of benzene rings is 1. The second-order valence-electron chi connectivity index (χ2n) is 4.54. The second kappa shape index (κ2) is 6.16. The first-order chi connectivity index (χ1) is 8.89. The number of ether oxygens (including phenoxy) is 1. The Morgan fingerprint density at radius 3 is 2.79 bits per heavy atom. The zero-order valence-electron chi connectivity index (χ0n) is 11.0. The zero-order chi connectivity index (χ0) is 14.5. The fourth-order valence-electron chi connectivity index (χ4n) is 1.48. The monoisotopic (exact) mass is 263 g/mol. The van der Waals surface area contributed by atoms with Crippen LogP contribution in [0.1, 0.15) is 25.8 Å². The van der Waals surface area contributed by atoms with Gasteiger partial charge >= 0.3 is 5.69 Å². The molecule has 2 N–H and O–H groups in total. The highest BCUT2D eigenvalue weighted by Crippen LogP contribution is 2.28. The van der Waals surface area contributed by atoms with Gasteiger partial charge in [0.2, 0.25) is 0 Å². The Bertz CT molecular complexity index is 506. The number of nitro groups is 1. The van der Waals surface area contributed by atoms with Gasteiger partial charge in [0, 0.05) is 12.5 Å². The molecule has 1 aromatic rings. The second-order valence-corrected chi connectivity index (χ2v) is 4.54. The van der Waals surface area contributed by atoms with Crippen LogP contribution < -0.4 is 10.5 Å². The number of hydrogen-bond donors (Lipinski definition) is 1. The molecule has 0 amide bonds. The maximum atomic E-state index is 11.0. The summed E-state index contributed by atoms with van der Waals surface area (Å²) in [5.74, 6) is 0.205. The largest absolute Gasteiger partial charge is 0.487 e. The first kappa shape index (κ1) is 14.9. The van der Waals surface area contributed by atoms with Crippen LogP contribution in [-0.2, 0) is 6.42 Å². The van der Waals surface area contributed by atoms with Crippen molar-refractivity contribution in [1.29, 1.82) is 5.26 Å². The minimum absolute atomic E-state index is 0.0602. The molecule has 1 atom stereocenters. The number of aryl methyl sites for hydroxylation is 1. The molecule has 0 aliphatic rings. The summed E-state index contributed by atoms with van der Waals surface area (Å²) >= 11 is 0. The van der Waals surface area contributed by atoms with Crippen LogP contribution in [0.3, 0.4) is 0 Å². The molecule has 0 saturated heterocycles. The van der Waals surface area contributed by atoms with E-state index in [1.165, 1.54) is 6.07 Å². The van der Waals surface area contributed by atoms with Crippen molar-refractivity contribution in [1.82, 2.24) is 0 Å². The fourth-order valence-corrected chi connectivity index (χ4v) is 1.48. The van der Waals surface area contributed by atoms with Crippen LogP contribution in [-0.4, -0.2) is 17.1 Å². The Balaban J connectivity index is 2.79. The van der Waals surface area contributed by atoms with E-state index in [9.17, 15) is 10.1 Å². The van der Waals surface area contributed by atoms with Crippen molar-refractivity contribution < 1.29 is 9.66 Å². The average Bonchev–Trinajstić information content (AvgIpc) is 2.38. The average molecular weight is 263 g/mol. The highest BCUT2D eigenvalue weighted by Gasteiger charge is 2.19. The summed E-state index contributed by atoms with van der Waals surface area (Å²) in [4.78, 5) is 10.5. The van der Waals surface area contributed by atoms with Crippen molar-refractivity contribution >= 4 is 5.69 Å². The Labute approximate surface area is 111 Å². The van der Waals surface area contributed by atoms with Gasteiger partial charge in [-0.1, -0.05) is 13.0 Å². The Morgan fingerprint density at radius 2 is 2.26 bits per heavy atom. The molecule has 0 aliphatic carbocycles. The van der Waals surface area contributed by atoms with Crippen molar-refractivity contribution in [2.45, 2.75) is 32.2 Å². The molecule has 0 heterocycles. The number of rotatable bonds is 6. The van der Waals surface area contributed by atoms with E-state index >= 15 is 0 Å². The van der Waals surface area contributed by atoms with Crippen molar-refractivity contribution in [2.24, 2.45) is 5.73 Å². The molecule has 19 heavy (non-hydrogen) atoms. The lowest BCUT2D eigenvalue weighted by molar-refractivity contribution is -0.385. The van der Waals surface area contributed by atoms with Crippen LogP contribution in [0.25, 0.3) is 0 Å². The smallest absolute Gasteiger partial charge is 0.311 e. The summed E-state index contributed by atoms with van der Waals surface area (Å²) in [7, 11) is 0. The summed E-state index contributed by atoms with van der Waals surface area (Å²) in [6.07, 6.45) is 1.02. The van der Waals surface area contributed by atoms with E-state index in [2.05, 4.69) is 0 Å². The molecule has 0 aromatic heterocycles. The molecule has 6 heteroatoms. The van der Waals surface area contributed by atoms with Gasteiger partial charge in [-0.15, -0.1) is 0 Å². The molecular formula is C13H17N3O3. The van der Waals surface area contributed by atoms with Gasteiger partial charge < -0.3 is 10.5 Å². The molecule has 0 fully saturated rings. The lowest BCUT2D eigenvalue weighted by Gasteiger charge is -2.15. The molecule has 0 bridgehead atoms. The molecule has 0 aliphatic heterocycles. The highest BCUT2D eigenvalue weighted by molar-refractivity contribution is 5.48. The minimum atomic E-state index is -0.988. The van der Waals surface area contributed by atoms with E-state index in [4.69, 9.17) is 15.7 Å². The quantitative estimate of drug-likeness (QED) is 0.625. The van der Waals surface area contributed by atoms with Gasteiger partial charge in [-0.25, -0.2) is 0 Å². The molecule has 0 saturated carbocycles. The highest BCUT2D eigenvalue weighted by atomic mass is 16.6. The van der Waals surface area contributed by atoms with Crippen LogP contribution in [0.2, 0.25) is 0 Å². The maximum absolute atomic E-state index is 11.0. The molecule has 0 radical (unpaired) electrons. The van der Waals surface area contributed by atoms with Gasteiger partial charge in [0.25, 0.3) is 0 Å². The van der Waals surface area contributed by atoms with Crippen molar-refractivity contribution in [3.8, 4) is 11.8 Å². The van der Waals surface area contributed by atoms with Crippen molar-refractivity contribution in [3.63, 3.8) is 0 Å². The number of nitro benzene ring substituents is 1. The molecule has 1 aromatic carbocycles. The Hall–Kier alpha value is -2.13. The van der Waals surface area contributed by atoms with Crippen molar-refractivity contribution in [2.75, 3.05) is 6.61 Å². The van der Waals surface area contributed by atoms with Gasteiger partial charge in [0.05, 0.1) is 17.6 Å². The van der Waals surface area contributed by atoms with Gasteiger partial charge in [0.1, 0.15) is 5.54 Å². The van der Waals surface area contributed by atoms with Crippen LogP contribution >= 0.6 is 0 Å². The fraction of sp³-hybridized carbons (Fsp3) is 0.462. The zero-order valence-corrected chi connectivity index (χ0v) is 11.0. The van der Waals surface area contributed by atoms with E-state index < -0.39 is 10.5 Å². The van der Waals surface area contributed by atoms with E-state index in [0.717, 1.165) is 12.0 Å². The number of nitriles is 1. The summed E-state index contributed by atoms with van der Waals surface area (Å²) in [5.41, 5.74) is 5.48. The minimum Gasteiger partial charge on any atom is -0.487 e. The van der Waals surface area contributed by atoms with Gasteiger partial charge in [-0.3, -0.25) is 10.1 Å². The van der Waals surface area contributed by atoms with E-state index in [-0.39, 0.29) is 18.0 Å². The third-order valence-electron chi connectivity index (χ3n) is 2.76. The predicted octanol–water partition coefficient (Wildman–Crippen LogP) is 2.17. The Kier molecular flexibility index (Phi) is 4.84. The van der Waals surface area contributed by atoms with E-state index in [0.29, 0.717) is 6.42 Å². The normalized spacial score (nSPS) is 13.4. The third-order valence-corrected chi connectivity index (χ3v) is 2.76. The Morgan fingerprint density at radius 1 is 1.58 bits per heavy atom. The van der Waals surface area contributed by atoms with Gasteiger partial charge in [-0.2, -0.15) is 5.26 Å². The van der Waals surface area contributed by atoms with Crippen LogP contribution in [0.4, 0.5) is 5.69 Å². The molecule has 1 unspecified atom stereocenters. The number of hydrogen-bond acceptors (Lipinski definition) is 5. The lowest BCUT2D eigenvalue weighted by Crippen LogP contribution is -2.35. The first-order valence-electron chi connectivity index (χ1n) is 6.00. The maximum Gasteiger partial charge on any atom is 0.311 e. The van der Waals surface area contributed by atoms with Gasteiger partial charge in [-0.05, 0) is 25.0 Å². The lowest BCUT2D eigenvalue weighted by atomic mass is 10.0. The molecule has 6 nitrogen and oxygen atoms in total. The van der Waals surface area contributed by atoms with Crippen molar-refractivity contribution in [3.05, 3.63) is 33.9 Å². The summed E-state index contributed by atoms with van der Waals surface area (Å²) in [6, 6.07) is 6.81. The van der Waals surface area contributed by atoms with E-state index in [1.807, 2.05) is 13.0 Å². The first-order valence-corrected chi connectivity index (χ1v) is 6.00. The standard InChI is InChI=1S/C13H17N3O3/c1-3-10-4-5-12(11(8-10)16(17)18)19-7-6-13(2,15)9-14/h4-5,8H,3,6-7,15H2,1-2H3.